The van der Waals surface area contributed by atoms with Crippen molar-refractivity contribution in [3.8, 4) is 0 Å². The normalized spacial score (nSPS) is 0. The van der Waals surface area contributed by atoms with E-state index in [2.05, 4.69) is 0 Å². The van der Waals surface area contributed by atoms with Crippen LogP contribution in [0.15, 0.2) is 0 Å². The molecule has 0 aromatic rings. The summed E-state index contributed by atoms with van der Waals surface area (Å²) in [6.45, 7) is 0. The molecule has 0 aliphatic carbocycles. The van der Waals surface area contributed by atoms with E-state index >= 15 is 0 Å². The summed E-state index contributed by atoms with van der Waals surface area (Å²) in [6, 6.07) is 0. The van der Waals surface area contributed by atoms with E-state index in [1.807, 2.05) is 0 Å². The number of rotatable bonds is 0. The molecule has 0 amide bonds. The van der Waals surface area contributed by atoms with E-state index in [0.717, 1.165) is 0 Å². The van der Waals surface area contributed by atoms with Crippen molar-refractivity contribution in [2.45, 2.75) is 74.3 Å². The van der Waals surface area contributed by atoms with E-state index in [0.29, 0.717) is 0 Å². The first-order valence-corrected chi connectivity index (χ1v) is 0. The molecule has 0 saturated carbocycles. The van der Waals surface area contributed by atoms with E-state index in [1.165, 1.54) is 0 Å². The Morgan fingerprint density at radius 2 is 0.250 bits per heavy atom. The van der Waals surface area contributed by atoms with Crippen LogP contribution < -0.4 is 0 Å². The fraction of sp³-hybridized carbons (Fsp3) is 0.909. The van der Waals surface area contributed by atoms with Gasteiger partial charge in [-0.05, 0) is 0 Å². The van der Waals surface area contributed by atoms with E-state index in [9.17, 15) is 0 Å². The van der Waals surface area contributed by atoms with Gasteiger partial charge in [-0.25, -0.2) is 0 Å². The molecule has 0 atom stereocenters. The Kier molecular flexibility index (Phi) is 1570000. The molecule has 0 unspecified atom stereocenters. The van der Waals surface area contributed by atoms with Gasteiger partial charge in [0.2, 0.25) is 0 Å². The predicted molar refractivity (Wildman–Crippen MR) is 73.7 cm³/mol. The molecule has 0 spiro atoms. The molecule has 1 radical (unpaired) electrons. The Morgan fingerprint density at radius 1 is 0.250 bits per heavy atom. The summed E-state index contributed by atoms with van der Waals surface area (Å²) in [7, 11) is 0. The molecule has 0 aliphatic rings. The molecule has 93 valence electrons. The van der Waals surface area contributed by atoms with Crippen LogP contribution in [0.3, 0.4) is 0 Å². The first-order valence-electron chi connectivity index (χ1n) is 0. The largest absolute Gasteiger partial charge is 0.358 e. The van der Waals surface area contributed by atoms with E-state index in [1.54, 1.807) is 0 Å². The van der Waals surface area contributed by atoms with Crippen molar-refractivity contribution in [2.75, 3.05) is 0 Å². The maximum absolute atomic E-state index is 0. The second-order valence-electron chi connectivity index (χ2n) is 0. The maximum atomic E-state index is 0. The molecule has 0 aromatic heterocycles. The Bertz CT molecular complexity index is 4.97. The molecular formula is C11H43V-. The Hall–Kier alpha value is 0.584. The van der Waals surface area contributed by atoms with Crippen molar-refractivity contribution < 1.29 is 18.6 Å². The summed E-state index contributed by atoms with van der Waals surface area (Å²) in [5, 5.41) is 0. The van der Waals surface area contributed by atoms with Crippen LogP contribution >= 0.6 is 0 Å². The van der Waals surface area contributed by atoms with Crippen molar-refractivity contribution in [2.24, 2.45) is 0 Å². The average molecular weight is 226 g/mol. The molecule has 0 fully saturated rings. The Labute approximate surface area is 100 Å². The van der Waals surface area contributed by atoms with Gasteiger partial charge in [0.25, 0.3) is 0 Å². The smallest absolute Gasteiger partial charge is 0 e. The van der Waals surface area contributed by atoms with Gasteiger partial charge >= 0.3 is 0 Å². The third kappa shape index (κ3) is 2850. The van der Waals surface area contributed by atoms with Gasteiger partial charge in [-0.15, -0.1) is 0 Å². The van der Waals surface area contributed by atoms with Crippen molar-refractivity contribution in [1.29, 1.82) is 0 Å². The van der Waals surface area contributed by atoms with Crippen LogP contribution in [0.1, 0.15) is 74.3 Å². The van der Waals surface area contributed by atoms with Gasteiger partial charge in [-0.1, -0.05) is 74.3 Å². The molecule has 0 aromatic carbocycles. The van der Waals surface area contributed by atoms with Crippen molar-refractivity contribution in [1.82, 2.24) is 0 Å². The molecule has 12 heavy (non-hydrogen) atoms. The minimum atomic E-state index is 0. The fourth-order valence-electron chi connectivity index (χ4n) is 0. The maximum Gasteiger partial charge on any atom is 0 e. The molecule has 0 rings (SSSR count). The van der Waals surface area contributed by atoms with E-state index < -0.39 is 0 Å². The average Bonchev–Trinajstić information content (AvgIpc) is 0. The molecule has 0 saturated heterocycles. The van der Waals surface area contributed by atoms with Gasteiger partial charge in [-0.2, -0.15) is 0 Å². The van der Waals surface area contributed by atoms with Crippen LogP contribution in [0.4, 0.5) is 0 Å². The van der Waals surface area contributed by atoms with Crippen LogP contribution in [-0.2, 0) is 18.6 Å². The van der Waals surface area contributed by atoms with Gasteiger partial charge in [0.15, 0.2) is 0 Å². The van der Waals surface area contributed by atoms with Crippen LogP contribution in [0.2, 0.25) is 0 Å². The molecule has 0 nitrogen and oxygen atoms in total. The third-order valence-electron chi connectivity index (χ3n) is 0. The van der Waals surface area contributed by atoms with Gasteiger partial charge in [0.05, 0.1) is 0 Å². The minimum absolute atomic E-state index is 0. The molecule has 1 heteroatoms. The van der Waals surface area contributed by atoms with Crippen LogP contribution in [0, 0.1) is 7.43 Å². The number of hydrogen-bond acceptors (Lipinski definition) is 0. The second-order valence-corrected chi connectivity index (χ2v) is 0. The summed E-state index contributed by atoms with van der Waals surface area (Å²) in [4.78, 5) is 0. The second kappa shape index (κ2) is 3800. The van der Waals surface area contributed by atoms with Gasteiger partial charge in [-0.3, -0.25) is 0 Å². The SMILES string of the molecule is C.C.C.C.C.C.C.C.C.C.[CH3-].[V]. The zero-order chi connectivity index (χ0) is 0. The van der Waals surface area contributed by atoms with Crippen LogP contribution in [0.25, 0.3) is 0 Å². The summed E-state index contributed by atoms with van der Waals surface area (Å²) in [5.41, 5.74) is 0. The summed E-state index contributed by atoms with van der Waals surface area (Å²) >= 11 is 0. The summed E-state index contributed by atoms with van der Waals surface area (Å²) in [6.07, 6.45) is 0. The topological polar surface area (TPSA) is 0 Å². The summed E-state index contributed by atoms with van der Waals surface area (Å²) < 4.78 is 0. The minimum Gasteiger partial charge on any atom is -0.358 e. The van der Waals surface area contributed by atoms with E-state index in [-0.39, 0.29) is 100 Å². The van der Waals surface area contributed by atoms with Gasteiger partial charge < -0.3 is 7.43 Å². The zero-order valence-corrected chi connectivity index (χ0v) is 2.84. The van der Waals surface area contributed by atoms with E-state index in [4.69, 9.17) is 0 Å². The quantitative estimate of drug-likeness (QED) is 0.398. The standard InChI is InChI=1S/10CH4.CH3.V/h10*1H4;1H3;/q;;;;;;;;;;-1;. The Balaban J connectivity index is 0. The first kappa shape index (κ1) is 4940. The van der Waals surface area contributed by atoms with Crippen LogP contribution in [0.5, 0.6) is 0 Å². The Morgan fingerprint density at radius 3 is 0.250 bits per heavy atom. The fourth-order valence-corrected chi connectivity index (χ4v) is 0. The van der Waals surface area contributed by atoms with Gasteiger partial charge in [0.1, 0.15) is 0 Å². The van der Waals surface area contributed by atoms with Crippen molar-refractivity contribution in [3.05, 3.63) is 7.43 Å². The monoisotopic (exact) mass is 226 g/mol. The number of hydrogen-bond donors (Lipinski definition) is 0. The third-order valence-corrected chi connectivity index (χ3v) is 0. The molecule has 0 N–H and O–H groups in total. The van der Waals surface area contributed by atoms with Crippen LogP contribution in [-0.4, -0.2) is 0 Å². The molecule has 0 aliphatic heterocycles. The summed E-state index contributed by atoms with van der Waals surface area (Å²) in [5.74, 6) is 0. The molecular weight excluding hydrogens is 183 g/mol. The molecule has 0 heterocycles. The van der Waals surface area contributed by atoms with Crippen molar-refractivity contribution >= 4 is 0 Å². The molecule has 0 bridgehead atoms. The predicted octanol–water partition coefficient (Wildman–Crippen LogP) is 6.81. The zero-order valence-electron chi connectivity index (χ0n) is 1.45. The van der Waals surface area contributed by atoms with Crippen molar-refractivity contribution in [3.63, 3.8) is 0 Å². The first-order chi connectivity index (χ1) is 0. The van der Waals surface area contributed by atoms with Gasteiger partial charge in [0, 0.05) is 18.6 Å².